The molecule has 1 aliphatic heterocycles. The van der Waals surface area contributed by atoms with Crippen molar-refractivity contribution in [2.75, 3.05) is 6.54 Å². The summed E-state index contributed by atoms with van der Waals surface area (Å²) in [5, 5.41) is 9.90. The van der Waals surface area contributed by atoms with E-state index < -0.39 is 11.9 Å². The van der Waals surface area contributed by atoms with E-state index >= 15 is 0 Å². The summed E-state index contributed by atoms with van der Waals surface area (Å²) in [5.74, 6) is -1.40. The average molecular weight is 392 g/mol. The number of carbonyl (C=O) groups is 2. The van der Waals surface area contributed by atoms with Gasteiger partial charge in [-0.15, -0.1) is 11.3 Å². The number of piperidine rings is 1. The lowest BCUT2D eigenvalue weighted by molar-refractivity contribution is -0.143. The van der Waals surface area contributed by atoms with Crippen LogP contribution in [0.1, 0.15) is 40.1 Å². The third-order valence-electron chi connectivity index (χ3n) is 4.70. The molecule has 0 bridgehead atoms. The van der Waals surface area contributed by atoms with E-state index in [1.165, 1.54) is 35.6 Å². The first-order chi connectivity index (χ1) is 12.8. The number of ether oxygens (including phenoxy) is 1. The molecule has 144 valence electrons. The van der Waals surface area contributed by atoms with E-state index in [1.807, 2.05) is 6.92 Å². The monoisotopic (exact) mass is 392 g/mol. The zero-order valence-corrected chi connectivity index (χ0v) is 16.0. The molecular weight excluding hydrogens is 371 g/mol. The molecule has 2 unspecified atom stereocenters. The van der Waals surface area contributed by atoms with Gasteiger partial charge in [0.1, 0.15) is 28.1 Å². The zero-order valence-electron chi connectivity index (χ0n) is 15.1. The highest BCUT2D eigenvalue weighted by atomic mass is 32.1. The molecule has 2 heterocycles. The SMILES string of the molecule is Cc1nc(COc2ccc(F)cc2)sc1C(=O)N1CC(C(=O)O)CCC1C. The Labute approximate surface area is 160 Å². The first kappa shape index (κ1) is 19.3. The summed E-state index contributed by atoms with van der Waals surface area (Å²) < 4.78 is 18.5. The number of aromatic nitrogens is 1. The zero-order chi connectivity index (χ0) is 19.6. The van der Waals surface area contributed by atoms with Gasteiger partial charge >= 0.3 is 5.97 Å². The lowest BCUT2D eigenvalue weighted by atomic mass is 9.93. The van der Waals surface area contributed by atoms with E-state index in [1.54, 1.807) is 11.8 Å². The summed E-state index contributed by atoms with van der Waals surface area (Å²) in [6, 6.07) is 5.68. The molecule has 0 saturated carbocycles. The highest BCUT2D eigenvalue weighted by Crippen LogP contribution is 2.27. The van der Waals surface area contributed by atoms with Crippen LogP contribution in [0.15, 0.2) is 24.3 Å². The van der Waals surface area contributed by atoms with E-state index in [9.17, 15) is 19.1 Å². The van der Waals surface area contributed by atoms with Crippen LogP contribution in [0.2, 0.25) is 0 Å². The Bertz CT molecular complexity index is 837. The van der Waals surface area contributed by atoms with Crippen molar-refractivity contribution in [3.8, 4) is 5.75 Å². The van der Waals surface area contributed by atoms with E-state index in [-0.39, 0.29) is 30.9 Å². The number of nitrogens with zero attached hydrogens (tertiary/aromatic N) is 2. The maximum atomic E-state index is 12.9. The topological polar surface area (TPSA) is 79.7 Å². The van der Waals surface area contributed by atoms with Gasteiger partial charge in [0, 0.05) is 12.6 Å². The van der Waals surface area contributed by atoms with Crippen molar-refractivity contribution in [3.63, 3.8) is 0 Å². The molecule has 3 rings (SSSR count). The Kier molecular flexibility index (Phi) is 5.74. The van der Waals surface area contributed by atoms with Crippen molar-refractivity contribution in [3.05, 3.63) is 45.7 Å². The number of carboxylic acid groups (broad SMARTS) is 1. The minimum atomic E-state index is -0.867. The molecule has 0 aliphatic carbocycles. The molecular formula is C19H21FN2O4S. The molecule has 8 heteroatoms. The predicted molar refractivity (Wildman–Crippen MR) is 98.4 cm³/mol. The summed E-state index contributed by atoms with van der Waals surface area (Å²) in [6.45, 7) is 4.09. The third-order valence-corrected chi connectivity index (χ3v) is 5.82. The molecule has 1 amide bonds. The van der Waals surface area contributed by atoms with E-state index in [0.29, 0.717) is 34.2 Å². The maximum absolute atomic E-state index is 12.9. The van der Waals surface area contributed by atoms with Crippen LogP contribution in [0.5, 0.6) is 5.75 Å². The van der Waals surface area contributed by atoms with E-state index in [0.717, 1.165) is 0 Å². The van der Waals surface area contributed by atoms with Crippen LogP contribution in [0.25, 0.3) is 0 Å². The second-order valence-electron chi connectivity index (χ2n) is 6.68. The molecule has 0 radical (unpaired) electrons. The Morgan fingerprint density at radius 1 is 1.33 bits per heavy atom. The van der Waals surface area contributed by atoms with Gasteiger partial charge in [-0.1, -0.05) is 0 Å². The molecule has 1 N–H and O–H groups in total. The summed E-state index contributed by atoms with van der Waals surface area (Å²) >= 11 is 1.25. The lowest BCUT2D eigenvalue weighted by Gasteiger charge is -2.36. The Morgan fingerprint density at radius 2 is 2.04 bits per heavy atom. The number of likely N-dealkylation sites (tertiary alicyclic amines) is 1. The minimum absolute atomic E-state index is 0.00600. The van der Waals surface area contributed by atoms with Crippen molar-refractivity contribution in [1.82, 2.24) is 9.88 Å². The lowest BCUT2D eigenvalue weighted by Crippen LogP contribution is -2.47. The highest BCUT2D eigenvalue weighted by molar-refractivity contribution is 7.13. The number of thiazole rings is 1. The highest BCUT2D eigenvalue weighted by Gasteiger charge is 2.34. The van der Waals surface area contributed by atoms with Crippen LogP contribution in [-0.2, 0) is 11.4 Å². The number of rotatable bonds is 5. The quantitative estimate of drug-likeness (QED) is 0.843. The van der Waals surface area contributed by atoms with Crippen molar-refractivity contribution < 1.29 is 23.8 Å². The summed E-state index contributed by atoms with van der Waals surface area (Å²) in [7, 11) is 0. The van der Waals surface area contributed by atoms with Crippen molar-refractivity contribution in [2.24, 2.45) is 5.92 Å². The van der Waals surface area contributed by atoms with Gasteiger partial charge in [0.15, 0.2) is 0 Å². The normalized spacial score (nSPS) is 19.7. The number of aryl methyl sites for hydroxylation is 1. The van der Waals surface area contributed by atoms with Gasteiger partial charge in [-0.05, 0) is 51.0 Å². The third kappa shape index (κ3) is 4.44. The first-order valence-electron chi connectivity index (χ1n) is 8.73. The fourth-order valence-electron chi connectivity index (χ4n) is 3.11. The number of halogens is 1. The second kappa shape index (κ2) is 8.04. The van der Waals surface area contributed by atoms with Crippen molar-refractivity contribution in [1.29, 1.82) is 0 Å². The van der Waals surface area contributed by atoms with Crippen LogP contribution >= 0.6 is 11.3 Å². The molecule has 1 saturated heterocycles. The Hall–Kier alpha value is -2.48. The molecule has 27 heavy (non-hydrogen) atoms. The molecule has 1 aromatic heterocycles. The van der Waals surface area contributed by atoms with Gasteiger partial charge in [-0.3, -0.25) is 9.59 Å². The van der Waals surface area contributed by atoms with Crippen LogP contribution < -0.4 is 4.74 Å². The van der Waals surface area contributed by atoms with E-state index in [4.69, 9.17) is 4.74 Å². The van der Waals surface area contributed by atoms with Crippen molar-refractivity contribution >= 4 is 23.2 Å². The van der Waals surface area contributed by atoms with Crippen LogP contribution in [-0.4, -0.2) is 39.5 Å². The number of aliphatic carboxylic acids is 1. The molecule has 2 atom stereocenters. The summed E-state index contributed by atoms with van der Waals surface area (Å²) in [5.41, 5.74) is 0.604. The van der Waals surface area contributed by atoms with Gasteiger partial charge in [-0.25, -0.2) is 9.37 Å². The predicted octanol–water partition coefficient (Wildman–Crippen LogP) is 3.49. The number of carboxylic acids is 1. The number of benzene rings is 1. The summed E-state index contributed by atoms with van der Waals surface area (Å²) in [6.07, 6.45) is 1.25. The number of carbonyl (C=O) groups excluding carboxylic acids is 1. The van der Waals surface area contributed by atoms with Crippen molar-refractivity contribution in [2.45, 2.75) is 39.3 Å². The molecule has 0 spiro atoms. The largest absolute Gasteiger partial charge is 0.486 e. The fraction of sp³-hybridized carbons (Fsp3) is 0.421. The van der Waals surface area contributed by atoms with Gasteiger partial charge in [0.05, 0.1) is 11.6 Å². The van der Waals surface area contributed by atoms with Crippen LogP contribution in [0, 0.1) is 18.7 Å². The standard InChI is InChI=1S/C19H21FN2O4S/c1-11-3-4-13(19(24)25)9-22(11)18(23)17-12(2)21-16(27-17)10-26-15-7-5-14(20)6-8-15/h5-8,11,13H,3-4,9-10H2,1-2H3,(H,24,25). The Morgan fingerprint density at radius 3 is 2.70 bits per heavy atom. The maximum Gasteiger partial charge on any atom is 0.308 e. The smallest absolute Gasteiger partial charge is 0.308 e. The molecule has 1 fully saturated rings. The second-order valence-corrected chi connectivity index (χ2v) is 7.77. The number of hydrogen-bond acceptors (Lipinski definition) is 5. The van der Waals surface area contributed by atoms with Gasteiger partial charge in [-0.2, -0.15) is 0 Å². The minimum Gasteiger partial charge on any atom is -0.486 e. The molecule has 1 aromatic carbocycles. The van der Waals surface area contributed by atoms with Gasteiger partial charge in [0.2, 0.25) is 0 Å². The fourth-order valence-corrected chi connectivity index (χ4v) is 4.04. The average Bonchev–Trinajstić information content (AvgIpc) is 3.01. The van der Waals surface area contributed by atoms with Gasteiger partial charge < -0.3 is 14.7 Å². The van der Waals surface area contributed by atoms with E-state index in [2.05, 4.69) is 4.98 Å². The van der Waals surface area contributed by atoms with Gasteiger partial charge in [0.25, 0.3) is 5.91 Å². The molecule has 2 aromatic rings. The van der Waals surface area contributed by atoms with Crippen LogP contribution in [0.3, 0.4) is 0 Å². The molecule has 6 nitrogen and oxygen atoms in total. The first-order valence-corrected chi connectivity index (χ1v) is 9.55. The van der Waals surface area contributed by atoms with Crippen LogP contribution in [0.4, 0.5) is 4.39 Å². The molecule has 1 aliphatic rings. The number of amides is 1. The summed E-state index contributed by atoms with van der Waals surface area (Å²) in [4.78, 5) is 30.8. The Balaban J connectivity index is 1.70. The number of hydrogen-bond donors (Lipinski definition) is 1.